The molecule has 0 atom stereocenters. The number of halogens is 2. The molecule has 156 valence electrons. The van der Waals surface area contributed by atoms with E-state index in [2.05, 4.69) is 9.71 Å². The predicted molar refractivity (Wildman–Crippen MR) is 107 cm³/mol. The third kappa shape index (κ3) is 4.87. The summed E-state index contributed by atoms with van der Waals surface area (Å²) in [6.45, 7) is -0.222. The maximum atomic E-state index is 13.0. The van der Waals surface area contributed by atoms with Crippen LogP contribution in [0.2, 0.25) is 5.02 Å². The van der Waals surface area contributed by atoms with Crippen molar-refractivity contribution < 1.29 is 17.7 Å². The smallest absolute Gasteiger partial charge is 0.270 e. The van der Waals surface area contributed by atoms with Gasteiger partial charge in [-0.05, 0) is 30.3 Å². The van der Waals surface area contributed by atoms with Crippen molar-refractivity contribution >= 4 is 27.3 Å². The van der Waals surface area contributed by atoms with Crippen LogP contribution in [-0.2, 0) is 16.6 Å². The van der Waals surface area contributed by atoms with Gasteiger partial charge in [-0.1, -0.05) is 11.6 Å². The Kier molecular flexibility index (Phi) is 6.25. The van der Waals surface area contributed by atoms with Crippen molar-refractivity contribution in [1.29, 1.82) is 0 Å². The molecule has 0 amide bonds. The Bertz CT molecular complexity index is 1260. The SMILES string of the molecule is O=c1cc(-c2ccc(F)cc2)ncn1CCNS(=O)(=O)c1cc([N+](=O)[O-])ccc1Cl. The quantitative estimate of drug-likeness (QED) is 0.434. The number of sulfonamides is 1. The number of nitro benzene ring substituents is 1. The Morgan fingerprint density at radius 1 is 1.17 bits per heavy atom. The van der Waals surface area contributed by atoms with Gasteiger partial charge in [-0.3, -0.25) is 19.5 Å². The zero-order chi connectivity index (χ0) is 21.9. The van der Waals surface area contributed by atoms with Crippen molar-refractivity contribution in [3.63, 3.8) is 0 Å². The van der Waals surface area contributed by atoms with E-state index in [1.54, 1.807) is 0 Å². The molecule has 12 heteroatoms. The summed E-state index contributed by atoms with van der Waals surface area (Å²) in [6, 6.07) is 9.78. The van der Waals surface area contributed by atoms with Gasteiger partial charge in [0.25, 0.3) is 11.2 Å². The highest BCUT2D eigenvalue weighted by Gasteiger charge is 2.21. The van der Waals surface area contributed by atoms with Crippen LogP contribution in [0, 0.1) is 15.9 Å². The third-order valence-electron chi connectivity index (χ3n) is 4.08. The number of aromatic nitrogens is 2. The molecule has 0 aliphatic rings. The minimum absolute atomic E-state index is 0.0404. The molecule has 1 heterocycles. The van der Waals surface area contributed by atoms with Gasteiger partial charge in [-0.15, -0.1) is 0 Å². The molecule has 3 rings (SSSR count). The lowest BCUT2D eigenvalue weighted by atomic mass is 10.1. The Labute approximate surface area is 175 Å². The Balaban J connectivity index is 1.72. The molecule has 0 aliphatic carbocycles. The molecule has 9 nitrogen and oxygen atoms in total. The molecular weight excluding hydrogens is 439 g/mol. The molecule has 0 radical (unpaired) electrons. The lowest BCUT2D eigenvalue weighted by Crippen LogP contribution is -2.31. The van der Waals surface area contributed by atoms with Crippen LogP contribution >= 0.6 is 11.6 Å². The monoisotopic (exact) mass is 452 g/mol. The summed E-state index contributed by atoms with van der Waals surface area (Å²) >= 11 is 5.86. The lowest BCUT2D eigenvalue weighted by molar-refractivity contribution is -0.385. The van der Waals surface area contributed by atoms with Crippen LogP contribution in [0.15, 0.2) is 64.5 Å². The van der Waals surface area contributed by atoms with Crippen LogP contribution in [0.4, 0.5) is 10.1 Å². The summed E-state index contributed by atoms with van der Waals surface area (Å²) < 4.78 is 41.3. The number of nitrogens with zero attached hydrogens (tertiary/aromatic N) is 3. The van der Waals surface area contributed by atoms with E-state index in [9.17, 15) is 27.7 Å². The number of nitro groups is 1. The highest BCUT2D eigenvalue weighted by Crippen LogP contribution is 2.25. The normalized spacial score (nSPS) is 11.4. The Morgan fingerprint density at radius 2 is 1.87 bits per heavy atom. The fraction of sp³-hybridized carbons (Fsp3) is 0.111. The second-order valence-electron chi connectivity index (χ2n) is 6.08. The van der Waals surface area contributed by atoms with Gasteiger partial charge >= 0.3 is 0 Å². The summed E-state index contributed by atoms with van der Waals surface area (Å²) in [5.74, 6) is -0.414. The molecule has 0 saturated heterocycles. The molecular formula is C18H14ClFN4O5S. The average molecular weight is 453 g/mol. The zero-order valence-electron chi connectivity index (χ0n) is 15.2. The summed E-state index contributed by atoms with van der Waals surface area (Å²) in [5.41, 5.74) is 0.0513. The second kappa shape index (κ2) is 8.69. The van der Waals surface area contributed by atoms with Crippen LogP contribution in [0.3, 0.4) is 0 Å². The highest BCUT2D eigenvalue weighted by atomic mass is 35.5. The highest BCUT2D eigenvalue weighted by molar-refractivity contribution is 7.89. The van der Waals surface area contributed by atoms with Crippen LogP contribution in [-0.4, -0.2) is 29.4 Å². The molecule has 0 fully saturated rings. The first-order valence-corrected chi connectivity index (χ1v) is 10.3. The number of rotatable bonds is 7. The topological polar surface area (TPSA) is 124 Å². The van der Waals surface area contributed by atoms with Crippen molar-refractivity contribution in [2.75, 3.05) is 6.54 Å². The molecule has 0 aliphatic heterocycles. The maximum absolute atomic E-state index is 13.0. The molecule has 1 N–H and O–H groups in total. The minimum Gasteiger partial charge on any atom is -0.298 e. The Hall–Kier alpha value is -3.15. The van der Waals surface area contributed by atoms with E-state index in [0.717, 1.165) is 18.2 Å². The van der Waals surface area contributed by atoms with Gasteiger partial charge in [-0.25, -0.2) is 22.5 Å². The summed E-state index contributed by atoms with van der Waals surface area (Å²) in [5, 5.41) is 10.7. The average Bonchev–Trinajstić information content (AvgIpc) is 2.69. The molecule has 1 aromatic heterocycles. The first-order valence-electron chi connectivity index (χ1n) is 8.43. The van der Waals surface area contributed by atoms with Gasteiger partial charge < -0.3 is 0 Å². The minimum atomic E-state index is -4.14. The fourth-order valence-corrected chi connectivity index (χ4v) is 4.10. The Morgan fingerprint density at radius 3 is 2.50 bits per heavy atom. The van der Waals surface area contributed by atoms with Gasteiger partial charge in [-0.2, -0.15) is 0 Å². The molecule has 0 saturated carbocycles. The molecule has 2 aromatic carbocycles. The number of nitrogens with one attached hydrogen (secondary N) is 1. The number of hydrogen-bond acceptors (Lipinski definition) is 6. The van der Waals surface area contributed by atoms with Gasteiger partial charge in [0, 0.05) is 36.9 Å². The van der Waals surface area contributed by atoms with E-state index in [4.69, 9.17) is 11.6 Å². The van der Waals surface area contributed by atoms with Crippen LogP contribution in [0.1, 0.15) is 0 Å². The van der Waals surface area contributed by atoms with Crippen molar-refractivity contribution in [2.24, 2.45) is 0 Å². The van der Waals surface area contributed by atoms with Crippen LogP contribution in [0.25, 0.3) is 11.3 Å². The molecule has 0 bridgehead atoms. The second-order valence-corrected chi connectivity index (χ2v) is 8.22. The van der Waals surface area contributed by atoms with E-state index in [1.807, 2.05) is 0 Å². The van der Waals surface area contributed by atoms with Crippen molar-refractivity contribution in [3.05, 3.63) is 86.2 Å². The van der Waals surface area contributed by atoms with Crippen molar-refractivity contribution in [2.45, 2.75) is 11.4 Å². The van der Waals surface area contributed by atoms with E-state index in [1.165, 1.54) is 41.2 Å². The van der Waals surface area contributed by atoms with Gasteiger partial charge in [0.1, 0.15) is 10.7 Å². The van der Waals surface area contributed by atoms with Crippen LogP contribution < -0.4 is 10.3 Å². The third-order valence-corrected chi connectivity index (χ3v) is 6.02. The van der Waals surface area contributed by atoms with Gasteiger partial charge in [0.2, 0.25) is 10.0 Å². The van der Waals surface area contributed by atoms with E-state index in [-0.39, 0.29) is 18.1 Å². The number of hydrogen-bond donors (Lipinski definition) is 1. The van der Waals surface area contributed by atoms with E-state index in [0.29, 0.717) is 11.3 Å². The van der Waals surface area contributed by atoms with Crippen molar-refractivity contribution in [1.82, 2.24) is 14.3 Å². The number of benzene rings is 2. The van der Waals surface area contributed by atoms with Gasteiger partial charge in [0.05, 0.1) is 22.0 Å². The summed E-state index contributed by atoms with van der Waals surface area (Å²) in [7, 11) is -4.14. The molecule has 3 aromatic rings. The standard InChI is InChI=1S/C18H14ClFN4O5S/c19-15-6-5-14(24(26)27)9-17(15)30(28,29)22-7-8-23-11-21-16(10-18(23)25)12-1-3-13(20)4-2-12/h1-6,9-11,22H,7-8H2. The lowest BCUT2D eigenvalue weighted by Gasteiger charge is -2.10. The molecule has 0 unspecified atom stereocenters. The predicted octanol–water partition coefficient (Wildman–Crippen LogP) is 2.59. The van der Waals surface area contributed by atoms with Crippen molar-refractivity contribution in [3.8, 4) is 11.3 Å². The molecule has 30 heavy (non-hydrogen) atoms. The summed E-state index contributed by atoms with van der Waals surface area (Å²) in [6.07, 6.45) is 1.25. The van der Waals surface area contributed by atoms with E-state index >= 15 is 0 Å². The van der Waals surface area contributed by atoms with Gasteiger partial charge in [0.15, 0.2) is 0 Å². The fourth-order valence-electron chi connectivity index (χ4n) is 2.56. The van der Waals surface area contributed by atoms with E-state index < -0.39 is 36.9 Å². The number of non-ortho nitro benzene ring substituents is 1. The molecule has 0 spiro atoms. The largest absolute Gasteiger partial charge is 0.298 e. The zero-order valence-corrected chi connectivity index (χ0v) is 16.7. The first-order chi connectivity index (χ1) is 14.2. The summed E-state index contributed by atoms with van der Waals surface area (Å²) in [4.78, 5) is 26.1. The van der Waals surface area contributed by atoms with Crippen LogP contribution in [0.5, 0.6) is 0 Å². The maximum Gasteiger partial charge on any atom is 0.270 e. The first kappa shape index (κ1) is 21.6.